The summed E-state index contributed by atoms with van der Waals surface area (Å²) in [6, 6.07) is 4.26. The smallest absolute Gasteiger partial charge is 0.411 e. The summed E-state index contributed by atoms with van der Waals surface area (Å²) >= 11 is 3.38. The van der Waals surface area contributed by atoms with Gasteiger partial charge in [-0.25, -0.2) is 9.59 Å². The van der Waals surface area contributed by atoms with Gasteiger partial charge < -0.3 is 9.84 Å². The third-order valence-corrected chi connectivity index (χ3v) is 3.65. The molecule has 0 saturated heterocycles. The second kappa shape index (κ2) is 7.13. The number of halogens is 1. The minimum Gasteiger partial charge on any atom is -0.479 e. The quantitative estimate of drug-likeness (QED) is 0.863. The Hall–Kier alpha value is -1.56. The molecule has 5 nitrogen and oxygen atoms in total. The molecule has 0 aromatic heterocycles. The number of amides is 1. The predicted molar refractivity (Wildman–Crippen MR) is 87.9 cm³/mol. The third-order valence-electron chi connectivity index (χ3n) is 2.96. The van der Waals surface area contributed by atoms with Crippen molar-refractivity contribution in [3.05, 3.63) is 33.8 Å². The highest BCUT2D eigenvalue weighted by molar-refractivity contribution is 9.10. The van der Waals surface area contributed by atoms with Crippen molar-refractivity contribution in [3.63, 3.8) is 0 Å². The Morgan fingerprint density at radius 3 is 2.36 bits per heavy atom. The normalized spacial score (nSPS) is 12.6. The van der Waals surface area contributed by atoms with E-state index in [1.807, 2.05) is 19.1 Å². The van der Waals surface area contributed by atoms with Crippen molar-refractivity contribution in [2.45, 2.75) is 46.3 Å². The van der Waals surface area contributed by atoms with Gasteiger partial charge in [0.1, 0.15) is 5.60 Å². The molecule has 122 valence electrons. The topological polar surface area (TPSA) is 66.8 Å². The Kier molecular flexibility index (Phi) is 6.00. The van der Waals surface area contributed by atoms with Crippen molar-refractivity contribution in [1.29, 1.82) is 0 Å². The second-order valence-electron chi connectivity index (χ2n) is 6.03. The van der Waals surface area contributed by atoms with Crippen LogP contribution in [0.5, 0.6) is 0 Å². The molecule has 0 saturated carbocycles. The summed E-state index contributed by atoms with van der Waals surface area (Å²) in [4.78, 5) is 25.3. The van der Waals surface area contributed by atoms with Crippen molar-refractivity contribution < 1.29 is 19.4 Å². The fraction of sp³-hybridized carbons (Fsp3) is 0.500. The Balaban J connectivity index is 3.22. The number of aliphatic carboxylic acids is 1. The third kappa shape index (κ3) is 4.73. The number of aryl methyl sites for hydroxylation is 1. The largest absolute Gasteiger partial charge is 0.479 e. The molecule has 0 heterocycles. The molecular weight excluding hydrogens is 350 g/mol. The average molecular weight is 372 g/mol. The minimum absolute atomic E-state index is 0.228. The van der Waals surface area contributed by atoms with Crippen molar-refractivity contribution in [2.75, 3.05) is 6.54 Å². The maximum Gasteiger partial charge on any atom is 0.411 e. The van der Waals surface area contributed by atoms with Crippen LogP contribution in [0.15, 0.2) is 22.7 Å². The number of hydrogen-bond donors (Lipinski definition) is 1. The summed E-state index contributed by atoms with van der Waals surface area (Å²) in [5.74, 6) is -1.10. The number of rotatable bonds is 4. The monoisotopic (exact) mass is 371 g/mol. The lowest BCUT2D eigenvalue weighted by Crippen LogP contribution is -2.42. The number of carboxylic acids is 1. The van der Waals surface area contributed by atoms with Crippen LogP contribution in [0.1, 0.15) is 44.9 Å². The molecule has 1 atom stereocenters. The van der Waals surface area contributed by atoms with Gasteiger partial charge in [-0.3, -0.25) is 4.90 Å². The molecule has 0 aliphatic heterocycles. The summed E-state index contributed by atoms with van der Waals surface area (Å²) in [6.45, 7) is 9.10. The standard InChI is InChI=1S/C16H22BrNO4/c1-6-18(15(21)22-16(3,4)5)13(14(19)20)11-8-7-10(2)9-12(11)17/h7-9,13H,6H2,1-5H3,(H,19,20). The molecule has 1 aromatic rings. The lowest BCUT2D eigenvalue weighted by molar-refractivity contribution is -0.143. The van der Waals surface area contributed by atoms with E-state index >= 15 is 0 Å². The van der Waals surface area contributed by atoms with Crippen molar-refractivity contribution >= 4 is 28.0 Å². The van der Waals surface area contributed by atoms with Crippen LogP contribution in [-0.4, -0.2) is 34.2 Å². The van der Waals surface area contributed by atoms with E-state index in [0.717, 1.165) is 5.56 Å². The maximum absolute atomic E-state index is 12.3. The highest BCUT2D eigenvalue weighted by Gasteiger charge is 2.34. The van der Waals surface area contributed by atoms with Crippen LogP contribution in [-0.2, 0) is 9.53 Å². The highest BCUT2D eigenvalue weighted by atomic mass is 79.9. The number of likely N-dealkylation sites (N-methyl/N-ethyl adjacent to an activating group) is 1. The van der Waals surface area contributed by atoms with Crippen LogP contribution in [0, 0.1) is 6.92 Å². The number of benzene rings is 1. The molecular formula is C16H22BrNO4. The van der Waals surface area contributed by atoms with Gasteiger partial charge in [0.2, 0.25) is 0 Å². The molecule has 1 N–H and O–H groups in total. The van der Waals surface area contributed by atoms with Crippen molar-refractivity contribution in [3.8, 4) is 0 Å². The van der Waals surface area contributed by atoms with Crippen molar-refractivity contribution in [1.82, 2.24) is 4.90 Å². The molecule has 1 unspecified atom stereocenters. The van der Waals surface area contributed by atoms with Crippen LogP contribution < -0.4 is 0 Å². The summed E-state index contributed by atoms with van der Waals surface area (Å²) in [5, 5.41) is 9.60. The molecule has 1 rings (SSSR count). The van der Waals surface area contributed by atoms with Gasteiger partial charge in [-0.05, 0) is 46.2 Å². The van der Waals surface area contributed by atoms with Gasteiger partial charge in [-0.15, -0.1) is 0 Å². The van der Waals surface area contributed by atoms with Gasteiger partial charge in [0.05, 0.1) is 0 Å². The zero-order valence-electron chi connectivity index (χ0n) is 13.5. The number of carboxylic acid groups (broad SMARTS) is 1. The number of nitrogens with zero attached hydrogens (tertiary/aromatic N) is 1. The molecule has 0 spiro atoms. The first kappa shape index (κ1) is 18.5. The molecule has 0 fully saturated rings. The molecule has 1 aromatic carbocycles. The minimum atomic E-state index is -1.10. The second-order valence-corrected chi connectivity index (χ2v) is 6.89. The number of carbonyl (C=O) groups excluding carboxylic acids is 1. The molecule has 6 heteroatoms. The van der Waals surface area contributed by atoms with Crippen molar-refractivity contribution in [2.24, 2.45) is 0 Å². The summed E-state index contributed by atoms with van der Waals surface area (Å²) in [5.41, 5.74) is 0.837. The van der Waals surface area contributed by atoms with E-state index in [0.29, 0.717) is 10.0 Å². The zero-order chi connectivity index (χ0) is 17.1. The van der Waals surface area contributed by atoms with E-state index in [2.05, 4.69) is 15.9 Å². The first-order valence-electron chi connectivity index (χ1n) is 7.05. The van der Waals surface area contributed by atoms with Crippen LogP contribution in [0.3, 0.4) is 0 Å². The Bertz CT molecular complexity index is 566. The summed E-state index contributed by atoms with van der Waals surface area (Å²) in [7, 11) is 0. The predicted octanol–water partition coefficient (Wildman–Crippen LogP) is 4.14. The molecule has 0 bridgehead atoms. The number of carbonyl (C=O) groups is 2. The molecule has 0 radical (unpaired) electrons. The van der Waals surface area contributed by atoms with Gasteiger partial charge >= 0.3 is 12.1 Å². The van der Waals surface area contributed by atoms with Crippen LogP contribution >= 0.6 is 15.9 Å². The maximum atomic E-state index is 12.3. The van der Waals surface area contributed by atoms with Crippen LogP contribution in [0.2, 0.25) is 0 Å². The molecule has 0 aliphatic carbocycles. The zero-order valence-corrected chi connectivity index (χ0v) is 15.1. The molecule has 0 aliphatic rings. The number of ether oxygens (including phenoxy) is 1. The van der Waals surface area contributed by atoms with E-state index in [1.54, 1.807) is 33.8 Å². The average Bonchev–Trinajstić information content (AvgIpc) is 2.34. The van der Waals surface area contributed by atoms with E-state index in [-0.39, 0.29) is 6.54 Å². The Labute approximate surface area is 139 Å². The first-order chi connectivity index (χ1) is 10.1. The van der Waals surface area contributed by atoms with Gasteiger partial charge in [0, 0.05) is 16.6 Å². The van der Waals surface area contributed by atoms with E-state index in [9.17, 15) is 14.7 Å². The van der Waals surface area contributed by atoms with Crippen LogP contribution in [0.25, 0.3) is 0 Å². The summed E-state index contributed by atoms with van der Waals surface area (Å²) in [6.07, 6.45) is -0.644. The number of hydrogen-bond acceptors (Lipinski definition) is 3. The lowest BCUT2D eigenvalue weighted by Gasteiger charge is -2.31. The van der Waals surface area contributed by atoms with Gasteiger partial charge in [0.15, 0.2) is 6.04 Å². The summed E-state index contributed by atoms with van der Waals surface area (Å²) < 4.78 is 5.97. The van der Waals surface area contributed by atoms with Gasteiger partial charge in [-0.2, -0.15) is 0 Å². The fourth-order valence-corrected chi connectivity index (χ4v) is 2.74. The SMILES string of the molecule is CCN(C(=O)OC(C)(C)C)C(C(=O)O)c1ccc(C)cc1Br. The Morgan fingerprint density at radius 1 is 1.36 bits per heavy atom. The van der Waals surface area contributed by atoms with E-state index in [1.165, 1.54) is 4.90 Å². The van der Waals surface area contributed by atoms with Gasteiger partial charge in [0.25, 0.3) is 0 Å². The van der Waals surface area contributed by atoms with E-state index in [4.69, 9.17) is 4.74 Å². The van der Waals surface area contributed by atoms with Crippen LogP contribution in [0.4, 0.5) is 4.79 Å². The first-order valence-corrected chi connectivity index (χ1v) is 7.84. The van der Waals surface area contributed by atoms with Gasteiger partial charge in [-0.1, -0.05) is 28.1 Å². The molecule has 22 heavy (non-hydrogen) atoms. The lowest BCUT2D eigenvalue weighted by atomic mass is 10.0. The highest BCUT2D eigenvalue weighted by Crippen LogP contribution is 2.30. The Morgan fingerprint density at radius 2 is 1.95 bits per heavy atom. The fourth-order valence-electron chi connectivity index (χ4n) is 2.03. The van der Waals surface area contributed by atoms with E-state index < -0.39 is 23.7 Å². The molecule has 1 amide bonds.